The Morgan fingerprint density at radius 1 is 1.03 bits per heavy atom. The molecule has 5 nitrogen and oxygen atoms in total. The van der Waals surface area contributed by atoms with Gasteiger partial charge in [0.25, 0.3) is 5.56 Å². The van der Waals surface area contributed by atoms with Gasteiger partial charge in [0, 0.05) is 35.1 Å². The SMILES string of the molecule is Cc1ccc(-n2c(SCC(=O)c3ccc(Cl)cc3)nc3sc4c(c3c2=O)CCN(Cc2ccccc2)C4)cc1. The molecule has 5 aromatic rings. The van der Waals surface area contributed by atoms with Gasteiger partial charge in [0.05, 0.1) is 16.8 Å². The highest BCUT2D eigenvalue weighted by Crippen LogP contribution is 2.35. The number of hydrogen-bond acceptors (Lipinski definition) is 6. The molecule has 1 aliphatic rings. The van der Waals surface area contributed by atoms with Gasteiger partial charge in [-0.2, -0.15) is 0 Å². The van der Waals surface area contributed by atoms with Gasteiger partial charge in [-0.05, 0) is 60.9 Å². The number of rotatable bonds is 7. The third-order valence-corrected chi connectivity index (χ3v) is 9.26. The number of halogens is 1. The van der Waals surface area contributed by atoms with Crippen LogP contribution in [0.5, 0.6) is 0 Å². The number of thiophene rings is 1. The van der Waals surface area contributed by atoms with E-state index in [1.165, 1.54) is 22.2 Å². The fraction of sp³-hybridized carbons (Fsp3) is 0.194. The Hall–Kier alpha value is -3.23. The highest BCUT2D eigenvalue weighted by Gasteiger charge is 2.26. The van der Waals surface area contributed by atoms with Gasteiger partial charge in [0.15, 0.2) is 10.9 Å². The van der Waals surface area contributed by atoms with Gasteiger partial charge in [-0.3, -0.25) is 19.1 Å². The Balaban J connectivity index is 1.36. The largest absolute Gasteiger partial charge is 0.294 e. The summed E-state index contributed by atoms with van der Waals surface area (Å²) >= 11 is 8.89. The lowest BCUT2D eigenvalue weighted by atomic mass is 10.0. The van der Waals surface area contributed by atoms with Crippen LogP contribution in [0.3, 0.4) is 0 Å². The molecule has 39 heavy (non-hydrogen) atoms. The van der Waals surface area contributed by atoms with E-state index < -0.39 is 0 Å². The van der Waals surface area contributed by atoms with Gasteiger partial charge < -0.3 is 0 Å². The maximum absolute atomic E-state index is 14.1. The summed E-state index contributed by atoms with van der Waals surface area (Å²) in [7, 11) is 0. The summed E-state index contributed by atoms with van der Waals surface area (Å²) in [6.07, 6.45) is 0.814. The number of carbonyl (C=O) groups is 1. The van der Waals surface area contributed by atoms with Crippen molar-refractivity contribution in [2.24, 2.45) is 0 Å². The number of aryl methyl sites for hydroxylation is 1. The second-order valence-corrected chi connectivity index (χ2v) is 12.2. The molecule has 6 rings (SSSR count). The fourth-order valence-electron chi connectivity index (χ4n) is 4.92. The molecule has 0 N–H and O–H groups in total. The van der Waals surface area contributed by atoms with Crippen molar-refractivity contribution in [3.63, 3.8) is 0 Å². The average molecular weight is 572 g/mol. The second kappa shape index (κ2) is 11.1. The third-order valence-electron chi connectivity index (χ3n) is 6.96. The summed E-state index contributed by atoms with van der Waals surface area (Å²) in [5.41, 5.74) is 4.78. The van der Waals surface area contributed by atoms with Crippen LogP contribution in [-0.2, 0) is 19.5 Å². The Morgan fingerprint density at radius 2 is 1.77 bits per heavy atom. The summed E-state index contributed by atoms with van der Waals surface area (Å²) in [6, 6.07) is 25.2. The van der Waals surface area contributed by atoms with E-state index in [-0.39, 0.29) is 17.1 Å². The van der Waals surface area contributed by atoms with Crippen molar-refractivity contribution < 1.29 is 4.79 Å². The highest BCUT2D eigenvalue weighted by atomic mass is 35.5. The number of thioether (sulfide) groups is 1. The summed E-state index contributed by atoms with van der Waals surface area (Å²) in [4.78, 5) is 36.4. The van der Waals surface area contributed by atoms with Crippen LogP contribution in [0.25, 0.3) is 15.9 Å². The van der Waals surface area contributed by atoms with Crippen LogP contribution < -0.4 is 5.56 Å². The third kappa shape index (κ3) is 5.45. The maximum Gasteiger partial charge on any atom is 0.267 e. The quantitative estimate of drug-likeness (QED) is 0.120. The Bertz CT molecular complexity index is 1710. The predicted octanol–water partition coefficient (Wildman–Crippen LogP) is 6.94. The lowest BCUT2D eigenvalue weighted by molar-refractivity contribution is 0.102. The Kier molecular flexibility index (Phi) is 7.40. The van der Waals surface area contributed by atoms with Gasteiger partial charge in [0.1, 0.15) is 4.83 Å². The highest BCUT2D eigenvalue weighted by molar-refractivity contribution is 7.99. The Labute approximate surface area is 240 Å². The first-order chi connectivity index (χ1) is 19.0. The minimum absolute atomic E-state index is 0.0384. The lowest BCUT2D eigenvalue weighted by Gasteiger charge is -2.26. The number of carbonyl (C=O) groups excluding carboxylic acids is 1. The van der Waals surface area contributed by atoms with E-state index in [0.717, 1.165) is 47.7 Å². The molecule has 0 aliphatic carbocycles. The molecule has 0 bridgehead atoms. The van der Waals surface area contributed by atoms with Crippen molar-refractivity contribution in [2.75, 3.05) is 12.3 Å². The summed E-state index contributed by atoms with van der Waals surface area (Å²) in [5, 5.41) is 1.82. The van der Waals surface area contributed by atoms with Gasteiger partial charge in [-0.15, -0.1) is 11.3 Å². The van der Waals surface area contributed by atoms with Crippen molar-refractivity contribution in [3.8, 4) is 5.69 Å². The molecule has 3 aromatic carbocycles. The minimum atomic E-state index is -0.0701. The molecular formula is C31H26ClN3O2S2. The van der Waals surface area contributed by atoms with Crippen molar-refractivity contribution in [3.05, 3.63) is 121 Å². The summed E-state index contributed by atoms with van der Waals surface area (Å²) in [5.74, 6) is 0.130. The topological polar surface area (TPSA) is 55.2 Å². The van der Waals surface area contributed by atoms with Crippen LogP contribution in [0.1, 0.15) is 31.9 Å². The minimum Gasteiger partial charge on any atom is -0.294 e. The number of nitrogens with zero attached hydrogens (tertiary/aromatic N) is 3. The lowest BCUT2D eigenvalue weighted by Crippen LogP contribution is -2.30. The first-order valence-corrected chi connectivity index (χ1v) is 15.0. The summed E-state index contributed by atoms with van der Waals surface area (Å²) in [6.45, 7) is 4.59. The van der Waals surface area contributed by atoms with Crippen LogP contribution in [0.4, 0.5) is 0 Å². The number of aromatic nitrogens is 2. The van der Waals surface area contributed by atoms with E-state index in [1.54, 1.807) is 40.2 Å². The van der Waals surface area contributed by atoms with E-state index in [9.17, 15) is 9.59 Å². The molecule has 1 aliphatic heterocycles. The maximum atomic E-state index is 14.1. The second-order valence-electron chi connectivity index (χ2n) is 9.72. The van der Waals surface area contributed by atoms with E-state index in [4.69, 9.17) is 16.6 Å². The monoisotopic (exact) mass is 571 g/mol. The van der Waals surface area contributed by atoms with Gasteiger partial charge >= 0.3 is 0 Å². The first-order valence-electron chi connectivity index (χ1n) is 12.8. The van der Waals surface area contributed by atoms with Crippen LogP contribution in [0, 0.1) is 6.92 Å². The normalized spacial score (nSPS) is 13.5. The number of ketones is 1. The molecular weight excluding hydrogens is 546 g/mol. The zero-order valence-electron chi connectivity index (χ0n) is 21.4. The van der Waals surface area contributed by atoms with Crippen molar-refractivity contribution >= 4 is 50.7 Å². The van der Waals surface area contributed by atoms with E-state index in [1.807, 2.05) is 37.3 Å². The molecule has 0 spiro atoms. The molecule has 8 heteroatoms. The summed E-state index contributed by atoms with van der Waals surface area (Å²) < 4.78 is 1.67. The molecule has 0 saturated carbocycles. The molecule has 0 fully saturated rings. The van der Waals surface area contributed by atoms with Crippen LogP contribution in [0.2, 0.25) is 5.02 Å². The molecule has 196 valence electrons. The zero-order valence-corrected chi connectivity index (χ0v) is 23.8. The van der Waals surface area contributed by atoms with Crippen LogP contribution in [0.15, 0.2) is 88.8 Å². The molecule has 3 heterocycles. The van der Waals surface area contributed by atoms with Crippen molar-refractivity contribution in [1.29, 1.82) is 0 Å². The van der Waals surface area contributed by atoms with E-state index in [0.29, 0.717) is 21.1 Å². The van der Waals surface area contributed by atoms with Crippen molar-refractivity contribution in [2.45, 2.75) is 31.6 Å². The van der Waals surface area contributed by atoms with Crippen LogP contribution in [-0.4, -0.2) is 32.5 Å². The smallest absolute Gasteiger partial charge is 0.267 e. The van der Waals surface area contributed by atoms with E-state index in [2.05, 4.69) is 29.2 Å². The standard InChI is InChI=1S/C31H26ClN3O2S2/c1-20-7-13-24(14-8-20)35-30(37)28-25-15-16-34(17-21-5-3-2-4-6-21)18-27(25)39-29(28)33-31(35)38-19-26(36)22-9-11-23(32)12-10-22/h2-14H,15-19H2,1H3. The molecule has 0 unspecified atom stereocenters. The Morgan fingerprint density at radius 3 is 2.51 bits per heavy atom. The number of hydrogen-bond donors (Lipinski definition) is 0. The number of benzene rings is 3. The first kappa shape index (κ1) is 26.0. The van der Waals surface area contributed by atoms with Gasteiger partial charge in [0.2, 0.25) is 0 Å². The number of fused-ring (bicyclic) bond motifs is 3. The number of Topliss-reactive ketones (excluding diaryl/α,β-unsaturated/α-hetero) is 1. The average Bonchev–Trinajstić information content (AvgIpc) is 3.31. The predicted molar refractivity (Wildman–Crippen MR) is 161 cm³/mol. The molecule has 0 saturated heterocycles. The zero-order chi connectivity index (χ0) is 26.9. The van der Waals surface area contributed by atoms with Crippen LogP contribution >= 0.6 is 34.7 Å². The molecule has 0 radical (unpaired) electrons. The van der Waals surface area contributed by atoms with Crippen molar-refractivity contribution in [1.82, 2.24) is 14.5 Å². The molecule has 2 aromatic heterocycles. The van der Waals surface area contributed by atoms with Gasteiger partial charge in [-0.25, -0.2) is 4.98 Å². The van der Waals surface area contributed by atoms with Gasteiger partial charge in [-0.1, -0.05) is 71.4 Å². The molecule has 0 atom stereocenters. The van der Waals surface area contributed by atoms with E-state index >= 15 is 0 Å². The fourth-order valence-corrected chi connectivity index (χ4v) is 7.26. The molecule has 0 amide bonds.